The molecule has 2 aromatic rings. The molecule has 1 unspecified atom stereocenters. The van der Waals surface area contributed by atoms with Gasteiger partial charge < -0.3 is 10.6 Å². The third kappa shape index (κ3) is 2.27. The number of anilines is 1. The summed E-state index contributed by atoms with van der Waals surface area (Å²) in [5.74, 6) is 0.746. The molecule has 20 heavy (non-hydrogen) atoms. The van der Waals surface area contributed by atoms with E-state index >= 15 is 0 Å². The number of likely N-dealkylation sites (N-methyl/N-ethyl adjacent to an activating group) is 1. The average Bonchev–Trinajstić information content (AvgIpc) is 2.44. The van der Waals surface area contributed by atoms with Crippen molar-refractivity contribution in [1.82, 2.24) is 0 Å². The van der Waals surface area contributed by atoms with Gasteiger partial charge in [-0.15, -0.1) is 0 Å². The summed E-state index contributed by atoms with van der Waals surface area (Å²) in [7, 11) is 2.11. The number of hydrogen-bond acceptors (Lipinski definition) is 2. The Morgan fingerprint density at radius 3 is 2.55 bits per heavy atom. The number of rotatable bonds is 4. The van der Waals surface area contributed by atoms with E-state index in [1.54, 1.807) is 0 Å². The molecular formula is C17H19N3. The van der Waals surface area contributed by atoms with Gasteiger partial charge in [0.1, 0.15) is 5.84 Å². The van der Waals surface area contributed by atoms with E-state index in [9.17, 15) is 0 Å². The Hall–Kier alpha value is -2.29. The average molecular weight is 265 g/mol. The molecule has 3 N–H and O–H groups in total. The molecule has 3 nitrogen and oxygen atoms in total. The Kier molecular flexibility index (Phi) is 3.18. The minimum absolute atomic E-state index is 0.118. The molecule has 102 valence electrons. The highest BCUT2D eigenvalue weighted by Gasteiger charge is 2.26. The van der Waals surface area contributed by atoms with Crippen molar-refractivity contribution in [2.75, 3.05) is 18.5 Å². The van der Waals surface area contributed by atoms with Crippen LogP contribution in [0.1, 0.15) is 22.6 Å². The minimum Gasteiger partial charge on any atom is -0.384 e. The zero-order chi connectivity index (χ0) is 14.1. The van der Waals surface area contributed by atoms with Crippen molar-refractivity contribution in [2.45, 2.75) is 12.3 Å². The van der Waals surface area contributed by atoms with E-state index in [0.717, 1.165) is 12.1 Å². The normalized spacial score (nSPS) is 16.1. The van der Waals surface area contributed by atoms with Crippen LogP contribution in [-0.2, 0) is 6.42 Å². The van der Waals surface area contributed by atoms with Crippen molar-refractivity contribution in [2.24, 2.45) is 5.73 Å². The summed E-state index contributed by atoms with van der Waals surface area (Å²) in [6.07, 6.45) is 1.17. The SMILES string of the molecule is CN(CC1Cc2ccccc21)c1ccc(C(=N)N)cc1. The molecule has 1 aliphatic rings. The van der Waals surface area contributed by atoms with Crippen molar-refractivity contribution < 1.29 is 0 Å². The molecule has 0 fully saturated rings. The first-order valence-electron chi connectivity index (χ1n) is 6.88. The van der Waals surface area contributed by atoms with Crippen molar-refractivity contribution in [1.29, 1.82) is 5.41 Å². The van der Waals surface area contributed by atoms with Crippen LogP contribution in [0, 0.1) is 5.41 Å². The number of amidine groups is 1. The molecule has 0 radical (unpaired) electrons. The highest BCUT2D eigenvalue weighted by atomic mass is 15.1. The highest BCUT2D eigenvalue weighted by molar-refractivity contribution is 5.95. The van der Waals surface area contributed by atoms with Crippen molar-refractivity contribution in [3.63, 3.8) is 0 Å². The van der Waals surface area contributed by atoms with Crippen LogP contribution in [0.2, 0.25) is 0 Å². The Labute approximate surface area is 119 Å². The van der Waals surface area contributed by atoms with E-state index in [1.807, 2.05) is 24.3 Å². The lowest BCUT2D eigenvalue weighted by Gasteiger charge is -2.34. The Balaban J connectivity index is 1.68. The smallest absolute Gasteiger partial charge is 0.122 e. The first-order valence-corrected chi connectivity index (χ1v) is 6.88. The molecule has 1 atom stereocenters. The predicted octanol–water partition coefficient (Wildman–Crippen LogP) is 2.75. The molecular weight excluding hydrogens is 246 g/mol. The maximum absolute atomic E-state index is 7.41. The molecule has 0 heterocycles. The molecule has 0 saturated carbocycles. The van der Waals surface area contributed by atoms with Gasteiger partial charge in [-0.1, -0.05) is 24.3 Å². The second-order valence-corrected chi connectivity index (χ2v) is 5.44. The first-order chi connectivity index (χ1) is 9.65. The third-order valence-corrected chi connectivity index (χ3v) is 4.07. The van der Waals surface area contributed by atoms with Crippen LogP contribution in [0.5, 0.6) is 0 Å². The number of benzene rings is 2. The van der Waals surface area contributed by atoms with E-state index < -0.39 is 0 Å². The third-order valence-electron chi connectivity index (χ3n) is 4.07. The van der Waals surface area contributed by atoms with Crippen LogP contribution in [0.15, 0.2) is 48.5 Å². The largest absolute Gasteiger partial charge is 0.384 e. The highest BCUT2D eigenvalue weighted by Crippen LogP contribution is 2.35. The number of nitrogen functional groups attached to an aromatic ring is 1. The molecule has 0 spiro atoms. The van der Waals surface area contributed by atoms with E-state index in [0.29, 0.717) is 5.92 Å². The lowest BCUT2D eigenvalue weighted by molar-refractivity contribution is 0.601. The zero-order valence-corrected chi connectivity index (χ0v) is 11.6. The molecule has 0 bridgehead atoms. The quantitative estimate of drug-likeness (QED) is 0.659. The number of nitrogens with two attached hydrogens (primary N) is 1. The van der Waals surface area contributed by atoms with Crippen LogP contribution < -0.4 is 10.6 Å². The summed E-state index contributed by atoms with van der Waals surface area (Å²) >= 11 is 0. The van der Waals surface area contributed by atoms with Gasteiger partial charge in [0.2, 0.25) is 0 Å². The number of fused-ring (bicyclic) bond motifs is 1. The van der Waals surface area contributed by atoms with Crippen LogP contribution in [0.4, 0.5) is 5.69 Å². The van der Waals surface area contributed by atoms with Crippen molar-refractivity contribution in [3.05, 3.63) is 65.2 Å². The van der Waals surface area contributed by atoms with E-state index in [-0.39, 0.29) is 5.84 Å². The molecule has 0 aromatic heterocycles. The Morgan fingerprint density at radius 1 is 1.20 bits per heavy atom. The van der Waals surface area contributed by atoms with Crippen LogP contribution >= 0.6 is 0 Å². The number of hydrogen-bond donors (Lipinski definition) is 2. The molecule has 0 saturated heterocycles. The summed E-state index contributed by atoms with van der Waals surface area (Å²) in [6.45, 7) is 1.02. The van der Waals surface area contributed by atoms with Crippen molar-refractivity contribution in [3.8, 4) is 0 Å². The maximum Gasteiger partial charge on any atom is 0.122 e. The second kappa shape index (κ2) is 5.00. The fourth-order valence-electron chi connectivity index (χ4n) is 2.86. The lowest BCUT2D eigenvalue weighted by Crippen LogP contribution is -2.30. The summed E-state index contributed by atoms with van der Waals surface area (Å²) in [6, 6.07) is 16.5. The summed E-state index contributed by atoms with van der Waals surface area (Å²) in [5.41, 5.74) is 10.4. The van der Waals surface area contributed by atoms with Gasteiger partial charge in [-0.3, -0.25) is 5.41 Å². The molecule has 0 amide bonds. The van der Waals surface area contributed by atoms with Gasteiger partial charge in [0.25, 0.3) is 0 Å². The van der Waals surface area contributed by atoms with Gasteiger partial charge in [0, 0.05) is 30.8 Å². The molecule has 3 rings (SSSR count). The van der Waals surface area contributed by atoms with E-state index in [4.69, 9.17) is 11.1 Å². The van der Waals surface area contributed by atoms with Gasteiger partial charge in [-0.25, -0.2) is 0 Å². The lowest BCUT2D eigenvalue weighted by atomic mass is 9.77. The topological polar surface area (TPSA) is 53.1 Å². The predicted molar refractivity (Wildman–Crippen MR) is 83.6 cm³/mol. The van der Waals surface area contributed by atoms with Crippen LogP contribution in [0.3, 0.4) is 0 Å². The van der Waals surface area contributed by atoms with E-state index in [2.05, 4.69) is 36.2 Å². The standard InChI is InChI=1S/C17H19N3/c1-20(15-8-6-12(7-9-15)17(18)19)11-14-10-13-4-2-3-5-16(13)14/h2-9,14H,10-11H2,1H3,(H3,18,19). The van der Waals surface area contributed by atoms with E-state index in [1.165, 1.54) is 23.2 Å². The maximum atomic E-state index is 7.41. The zero-order valence-electron chi connectivity index (χ0n) is 11.6. The Bertz CT molecular complexity index is 631. The monoisotopic (exact) mass is 265 g/mol. The van der Waals surface area contributed by atoms with Gasteiger partial charge in [0.05, 0.1) is 0 Å². The summed E-state index contributed by atoms with van der Waals surface area (Å²) in [4.78, 5) is 2.27. The molecule has 1 aliphatic carbocycles. The minimum atomic E-state index is 0.118. The van der Waals surface area contributed by atoms with Gasteiger partial charge >= 0.3 is 0 Å². The van der Waals surface area contributed by atoms with Gasteiger partial charge in [0.15, 0.2) is 0 Å². The van der Waals surface area contributed by atoms with Crippen molar-refractivity contribution >= 4 is 11.5 Å². The van der Waals surface area contributed by atoms with Crippen LogP contribution in [0.25, 0.3) is 0 Å². The number of nitrogens with zero attached hydrogens (tertiary/aromatic N) is 1. The Morgan fingerprint density at radius 2 is 1.90 bits per heavy atom. The summed E-state index contributed by atoms with van der Waals surface area (Å²) < 4.78 is 0. The fourth-order valence-corrected chi connectivity index (χ4v) is 2.86. The second-order valence-electron chi connectivity index (χ2n) is 5.44. The molecule has 0 aliphatic heterocycles. The van der Waals surface area contributed by atoms with Gasteiger partial charge in [-0.05, 0) is 41.8 Å². The first kappa shape index (κ1) is 12.7. The van der Waals surface area contributed by atoms with Crippen LogP contribution in [-0.4, -0.2) is 19.4 Å². The van der Waals surface area contributed by atoms with Gasteiger partial charge in [-0.2, -0.15) is 0 Å². The molecule has 3 heteroatoms. The number of nitrogens with one attached hydrogen (secondary N) is 1. The fraction of sp³-hybridized carbons (Fsp3) is 0.235. The molecule has 2 aromatic carbocycles. The summed E-state index contributed by atoms with van der Waals surface area (Å²) in [5, 5.41) is 7.41.